The number of aromatic nitrogens is 2. The minimum Gasteiger partial charge on any atom is -0.376 e. The van der Waals surface area contributed by atoms with Crippen LogP contribution in [0.5, 0.6) is 0 Å². The molecule has 2 heterocycles. The summed E-state index contributed by atoms with van der Waals surface area (Å²) in [6.07, 6.45) is 1.50. The average Bonchev–Trinajstić information content (AvgIpc) is 3.28. The van der Waals surface area contributed by atoms with E-state index in [4.69, 9.17) is 4.74 Å². The van der Waals surface area contributed by atoms with Crippen LogP contribution in [0.2, 0.25) is 0 Å². The van der Waals surface area contributed by atoms with Crippen molar-refractivity contribution in [3.63, 3.8) is 0 Å². The predicted molar refractivity (Wildman–Crippen MR) is 117 cm³/mol. The molecular weight excluding hydrogens is 398 g/mol. The van der Waals surface area contributed by atoms with Gasteiger partial charge in [-0.3, -0.25) is 23.5 Å². The van der Waals surface area contributed by atoms with Gasteiger partial charge < -0.3 is 10.1 Å². The third-order valence-electron chi connectivity index (χ3n) is 5.42. The largest absolute Gasteiger partial charge is 0.376 e. The Morgan fingerprint density at radius 3 is 2.48 bits per heavy atom. The van der Waals surface area contributed by atoms with Gasteiger partial charge in [-0.15, -0.1) is 0 Å². The lowest BCUT2D eigenvalue weighted by atomic mass is 10.1. The highest BCUT2D eigenvalue weighted by Gasteiger charge is 2.21. The van der Waals surface area contributed by atoms with Crippen LogP contribution in [0, 0.1) is 0 Å². The first-order valence-corrected chi connectivity index (χ1v) is 10.2. The molecule has 1 amide bonds. The summed E-state index contributed by atoms with van der Waals surface area (Å²) >= 11 is 0. The summed E-state index contributed by atoms with van der Waals surface area (Å²) in [6.45, 7) is 2.00. The number of fused-ring (bicyclic) bond motifs is 1. The Labute approximate surface area is 178 Å². The fourth-order valence-electron chi connectivity index (χ4n) is 3.81. The molecule has 0 unspecified atom stereocenters. The van der Waals surface area contributed by atoms with Crippen LogP contribution in [0.25, 0.3) is 10.9 Å². The molecule has 0 aliphatic carbocycles. The second kappa shape index (κ2) is 8.69. The van der Waals surface area contributed by atoms with E-state index in [1.807, 2.05) is 0 Å². The topological polar surface area (TPSA) is 99.4 Å². The highest BCUT2D eigenvalue weighted by atomic mass is 16.5. The van der Waals surface area contributed by atoms with E-state index in [1.165, 1.54) is 11.5 Å². The van der Waals surface area contributed by atoms with Gasteiger partial charge in [-0.05, 0) is 56.2 Å². The molecule has 8 heteroatoms. The third kappa shape index (κ3) is 4.34. The van der Waals surface area contributed by atoms with Crippen molar-refractivity contribution in [2.24, 2.45) is 0 Å². The van der Waals surface area contributed by atoms with Gasteiger partial charge in [-0.25, -0.2) is 4.79 Å². The number of ketones is 1. The minimum atomic E-state index is -0.540. The maximum Gasteiger partial charge on any atom is 0.332 e. The zero-order chi connectivity index (χ0) is 22.0. The molecule has 4 rings (SSSR count). The average molecular weight is 421 g/mol. The second-order valence-corrected chi connectivity index (χ2v) is 7.62. The summed E-state index contributed by atoms with van der Waals surface area (Å²) in [5.41, 5.74) is 0.540. The van der Waals surface area contributed by atoms with Crippen molar-refractivity contribution >= 4 is 28.3 Å². The van der Waals surface area contributed by atoms with Gasteiger partial charge in [0, 0.05) is 17.9 Å². The van der Waals surface area contributed by atoms with E-state index >= 15 is 0 Å². The Balaban J connectivity index is 1.65. The van der Waals surface area contributed by atoms with Crippen molar-refractivity contribution < 1.29 is 14.3 Å². The van der Waals surface area contributed by atoms with Crippen LogP contribution in [0.4, 0.5) is 5.69 Å². The number of anilines is 1. The van der Waals surface area contributed by atoms with E-state index in [0.29, 0.717) is 28.8 Å². The van der Waals surface area contributed by atoms with Crippen LogP contribution in [-0.4, -0.2) is 33.5 Å². The van der Waals surface area contributed by atoms with Gasteiger partial charge in [0.05, 0.1) is 23.6 Å². The molecule has 3 aromatic rings. The Hall–Kier alpha value is -3.52. The number of Topliss-reactive ketones (excluding diaryl/α,β-unsaturated/α-hetero) is 1. The van der Waals surface area contributed by atoms with E-state index in [2.05, 4.69) is 5.32 Å². The standard InChI is InChI=1S/C23H23N3O5/c1-15(27)16-8-10-17(11-9-16)24-21(28)14-25-20-7-3-2-6-19(20)22(29)26(23(25)30)13-18-5-4-12-31-18/h2-3,6-11,18H,4-5,12-14H2,1H3,(H,24,28)/t18-/m0/s1. The van der Waals surface area contributed by atoms with Crippen LogP contribution in [0.1, 0.15) is 30.1 Å². The molecule has 0 bridgehead atoms. The molecular formula is C23H23N3O5. The van der Waals surface area contributed by atoms with Crippen LogP contribution in [0.3, 0.4) is 0 Å². The number of hydrogen-bond acceptors (Lipinski definition) is 5. The van der Waals surface area contributed by atoms with Crippen molar-refractivity contribution in [2.45, 2.75) is 39.0 Å². The monoisotopic (exact) mass is 421 g/mol. The van der Waals surface area contributed by atoms with E-state index in [1.54, 1.807) is 48.5 Å². The molecule has 160 valence electrons. The highest BCUT2D eigenvalue weighted by molar-refractivity contribution is 5.95. The lowest BCUT2D eigenvalue weighted by molar-refractivity contribution is -0.116. The van der Waals surface area contributed by atoms with Crippen molar-refractivity contribution in [3.8, 4) is 0 Å². The predicted octanol–water partition coefficient (Wildman–Crippen LogP) is 2.18. The lowest BCUT2D eigenvalue weighted by Gasteiger charge is -2.16. The zero-order valence-electron chi connectivity index (χ0n) is 17.2. The van der Waals surface area contributed by atoms with Gasteiger partial charge in [0.2, 0.25) is 5.91 Å². The van der Waals surface area contributed by atoms with Crippen molar-refractivity contribution in [3.05, 3.63) is 74.9 Å². The Kier molecular flexibility index (Phi) is 5.81. The first-order chi connectivity index (χ1) is 14.9. The van der Waals surface area contributed by atoms with Gasteiger partial charge in [0.25, 0.3) is 5.56 Å². The molecule has 1 fully saturated rings. The Morgan fingerprint density at radius 1 is 1.06 bits per heavy atom. The maximum absolute atomic E-state index is 13.2. The molecule has 1 aliphatic heterocycles. The first-order valence-electron chi connectivity index (χ1n) is 10.2. The number of nitrogens with zero attached hydrogens (tertiary/aromatic N) is 2. The number of nitrogens with one attached hydrogen (secondary N) is 1. The minimum absolute atomic E-state index is 0.0654. The van der Waals surface area contributed by atoms with Crippen LogP contribution < -0.4 is 16.6 Å². The normalized spacial score (nSPS) is 15.8. The van der Waals surface area contributed by atoms with E-state index in [-0.39, 0.29) is 30.5 Å². The summed E-state index contributed by atoms with van der Waals surface area (Å²) in [7, 11) is 0. The molecule has 1 atom stereocenters. The number of benzene rings is 2. The summed E-state index contributed by atoms with van der Waals surface area (Å²) in [5, 5.41) is 3.11. The molecule has 0 radical (unpaired) electrons. The number of rotatable bonds is 6. The summed E-state index contributed by atoms with van der Waals surface area (Å²) in [4.78, 5) is 50.2. The van der Waals surface area contributed by atoms with Gasteiger partial charge in [-0.1, -0.05) is 12.1 Å². The van der Waals surface area contributed by atoms with Crippen LogP contribution in [-0.2, 0) is 22.6 Å². The quantitative estimate of drug-likeness (QED) is 0.615. The van der Waals surface area contributed by atoms with Crippen LogP contribution >= 0.6 is 0 Å². The second-order valence-electron chi connectivity index (χ2n) is 7.62. The number of hydrogen-bond donors (Lipinski definition) is 1. The van der Waals surface area contributed by atoms with Crippen molar-refractivity contribution in [1.29, 1.82) is 0 Å². The molecule has 8 nitrogen and oxygen atoms in total. The molecule has 1 N–H and O–H groups in total. The molecule has 2 aromatic carbocycles. The molecule has 0 saturated carbocycles. The summed E-state index contributed by atoms with van der Waals surface area (Å²) in [6, 6.07) is 13.3. The van der Waals surface area contributed by atoms with Crippen molar-refractivity contribution in [1.82, 2.24) is 9.13 Å². The Morgan fingerprint density at radius 2 is 1.81 bits per heavy atom. The fraction of sp³-hybridized carbons (Fsp3) is 0.304. The summed E-state index contributed by atoms with van der Waals surface area (Å²) < 4.78 is 8.06. The molecule has 1 aromatic heterocycles. The lowest BCUT2D eigenvalue weighted by Crippen LogP contribution is -2.43. The number of ether oxygens (including phenoxy) is 1. The van der Waals surface area contributed by atoms with Crippen LogP contribution in [0.15, 0.2) is 58.1 Å². The number of para-hydroxylation sites is 1. The van der Waals surface area contributed by atoms with Gasteiger partial charge in [0.1, 0.15) is 6.54 Å². The van der Waals surface area contributed by atoms with E-state index < -0.39 is 11.6 Å². The van der Waals surface area contributed by atoms with Gasteiger partial charge in [0.15, 0.2) is 5.78 Å². The SMILES string of the molecule is CC(=O)c1ccc(NC(=O)Cn2c(=O)n(C[C@@H]3CCCO3)c(=O)c3ccccc32)cc1. The number of carbonyl (C=O) groups excluding carboxylic acids is 2. The van der Waals surface area contributed by atoms with Gasteiger partial charge in [-0.2, -0.15) is 0 Å². The number of carbonyl (C=O) groups is 2. The van der Waals surface area contributed by atoms with E-state index in [9.17, 15) is 19.2 Å². The molecule has 0 spiro atoms. The third-order valence-corrected chi connectivity index (χ3v) is 5.42. The van der Waals surface area contributed by atoms with Gasteiger partial charge >= 0.3 is 5.69 Å². The first kappa shape index (κ1) is 20.7. The Bertz CT molecular complexity index is 1250. The number of amides is 1. The smallest absolute Gasteiger partial charge is 0.332 e. The maximum atomic E-state index is 13.2. The highest BCUT2D eigenvalue weighted by Crippen LogP contribution is 2.14. The zero-order valence-corrected chi connectivity index (χ0v) is 17.2. The molecule has 31 heavy (non-hydrogen) atoms. The van der Waals surface area contributed by atoms with E-state index in [0.717, 1.165) is 17.4 Å². The fourth-order valence-corrected chi connectivity index (χ4v) is 3.81. The summed E-state index contributed by atoms with van der Waals surface area (Å²) in [5.74, 6) is -0.477. The molecule has 1 saturated heterocycles. The molecule has 1 aliphatic rings. The van der Waals surface area contributed by atoms with Crippen molar-refractivity contribution in [2.75, 3.05) is 11.9 Å².